The summed E-state index contributed by atoms with van der Waals surface area (Å²) in [5, 5.41) is 7.77. The number of thioether (sulfide) groups is 1. The van der Waals surface area contributed by atoms with Gasteiger partial charge in [0.05, 0.1) is 18.6 Å². The minimum absolute atomic E-state index is 0.327. The molecule has 0 fully saturated rings. The van der Waals surface area contributed by atoms with E-state index in [4.69, 9.17) is 19.3 Å². The van der Waals surface area contributed by atoms with E-state index in [1.54, 1.807) is 19.1 Å². The second kappa shape index (κ2) is 7.11. The SMILES string of the molecule is CCOC(=O)C(N)CSCc1nnc(-c2ccco2)o1. The van der Waals surface area contributed by atoms with E-state index in [2.05, 4.69) is 10.2 Å². The summed E-state index contributed by atoms with van der Waals surface area (Å²) in [6.07, 6.45) is 1.53. The molecule has 1 atom stereocenters. The standard InChI is InChI=1S/C12H15N3O4S/c1-2-17-12(16)8(13)6-20-7-10-14-15-11(19-10)9-4-3-5-18-9/h3-5,8H,2,6-7,13H2,1H3. The summed E-state index contributed by atoms with van der Waals surface area (Å²) in [7, 11) is 0. The van der Waals surface area contributed by atoms with Crippen molar-refractivity contribution in [3.8, 4) is 11.7 Å². The van der Waals surface area contributed by atoms with Gasteiger partial charge in [0, 0.05) is 5.75 Å². The van der Waals surface area contributed by atoms with Gasteiger partial charge in [-0.2, -0.15) is 0 Å². The fourth-order valence-electron chi connectivity index (χ4n) is 1.40. The lowest BCUT2D eigenvalue weighted by atomic mass is 10.4. The van der Waals surface area contributed by atoms with Gasteiger partial charge in [0.2, 0.25) is 5.89 Å². The van der Waals surface area contributed by atoms with Crippen molar-refractivity contribution in [3.63, 3.8) is 0 Å². The van der Waals surface area contributed by atoms with Crippen LogP contribution in [0.1, 0.15) is 12.8 Å². The Morgan fingerprint density at radius 2 is 2.40 bits per heavy atom. The largest absolute Gasteiger partial charge is 0.465 e. The second-order valence-corrected chi connectivity index (χ2v) is 4.88. The zero-order valence-corrected chi connectivity index (χ0v) is 11.8. The van der Waals surface area contributed by atoms with Crippen molar-refractivity contribution in [3.05, 3.63) is 24.3 Å². The normalized spacial score (nSPS) is 12.3. The highest BCUT2D eigenvalue weighted by atomic mass is 32.2. The lowest BCUT2D eigenvalue weighted by molar-refractivity contribution is -0.144. The zero-order chi connectivity index (χ0) is 14.4. The molecule has 2 aromatic rings. The fourth-order valence-corrected chi connectivity index (χ4v) is 2.20. The van der Waals surface area contributed by atoms with E-state index in [0.717, 1.165) is 0 Å². The molecule has 7 nitrogen and oxygen atoms in total. The molecule has 0 spiro atoms. The van der Waals surface area contributed by atoms with Crippen molar-refractivity contribution in [2.45, 2.75) is 18.7 Å². The van der Waals surface area contributed by atoms with Crippen LogP contribution in [-0.4, -0.2) is 34.6 Å². The van der Waals surface area contributed by atoms with Gasteiger partial charge in [-0.05, 0) is 19.1 Å². The first-order chi connectivity index (χ1) is 9.70. The quantitative estimate of drug-likeness (QED) is 0.766. The molecule has 0 amide bonds. The first-order valence-corrected chi connectivity index (χ1v) is 7.22. The van der Waals surface area contributed by atoms with Gasteiger partial charge in [0.1, 0.15) is 6.04 Å². The molecule has 0 aliphatic heterocycles. The Labute approximate surface area is 119 Å². The van der Waals surface area contributed by atoms with Crippen molar-refractivity contribution < 1.29 is 18.4 Å². The van der Waals surface area contributed by atoms with Crippen LogP contribution >= 0.6 is 11.8 Å². The van der Waals surface area contributed by atoms with E-state index >= 15 is 0 Å². The Hall–Kier alpha value is -1.80. The maximum atomic E-state index is 11.3. The van der Waals surface area contributed by atoms with Crippen molar-refractivity contribution in [2.24, 2.45) is 5.73 Å². The number of hydrogen-bond acceptors (Lipinski definition) is 8. The monoisotopic (exact) mass is 297 g/mol. The molecule has 0 saturated heterocycles. The molecule has 108 valence electrons. The van der Waals surface area contributed by atoms with Crippen molar-refractivity contribution in [1.82, 2.24) is 10.2 Å². The second-order valence-electron chi connectivity index (χ2n) is 3.85. The maximum absolute atomic E-state index is 11.3. The summed E-state index contributed by atoms with van der Waals surface area (Å²) in [6, 6.07) is 2.83. The molecule has 0 radical (unpaired) electrons. The third-order valence-corrected chi connectivity index (χ3v) is 3.36. The van der Waals surface area contributed by atoms with Gasteiger partial charge < -0.3 is 19.3 Å². The Kier molecular flexibility index (Phi) is 5.19. The summed E-state index contributed by atoms with van der Waals surface area (Å²) < 4.78 is 15.4. The van der Waals surface area contributed by atoms with Gasteiger partial charge >= 0.3 is 5.97 Å². The van der Waals surface area contributed by atoms with Crippen molar-refractivity contribution >= 4 is 17.7 Å². The number of nitrogens with two attached hydrogens (primary N) is 1. The van der Waals surface area contributed by atoms with E-state index in [-0.39, 0.29) is 0 Å². The number of furan rings is 1. The molecule has 0 saturated carbocycles. The predicted octanol–water partition coefficient (Wildman–Crippen LogP) is 1.45. The van der Waals surface area contributed by atoms with E-state index in [9.17, 15) is 4.79 Å². The zero-order valence-electron chi connectivity index (χ0n) is 10.9. The number of esters is 1. The van der Waals surface area contributed by atoms with E-state index in [0.29, 0.717) is 35.7 Å². The summed E-state index contributed by atoms with van der Waals surface area (Å²) in [4.78, 5) is 11.3. The minimum Gasteiger partial charge on any atom is -0.465 e. The number of nitrogens with zero attached hydrogens (tertiary/aromatic N) is 2. The van der Waals surface area contributed by atoms with Gasteiger partial charge in [-0.15, -0.1) is 22.0 Å². The summed E-state index contributed by atoms with van der Waals surface area (Å²) >= 11 is 1.43. The molecule has 0 aliphatic rings. The molecule has 2 rings (SSSR count). The molecule has 2 aromatic heterocycles. The van der Waals surface area contributed by atoms with E-state index in [1.807, 2.05) is 0 Å². The predicted molar refractivity (Wildman–Crippen MR) is 72.8 cm³/mol. The smallest absolute Gasteiger partial charge is 0.323 e. The number of hydrogen-bond donors (Lipinski definition) is 1. The van der Waals surface area contributed by atoms with Gasteiger partial charge in [-0.3, -0.25) is 4.79 Å². The molecule has 2 heterocycles. The summed E-state index contributed by atoms with van der Waals surface area (Å²) in [5.74, 6) is 1.81. The van der Waals surface area contributed by atoms with Crippen LogP contribution in [0.3, 0.4) is 0 Å². The topological polar surface area (TPSA) is 104 Å². The van der Waals surface area contributed by atoms with Crippen LogP contribution in [0.15, 0.2) is 27.2 Å². The number of carbonyl (C=O) groups is 1. The lowest BCUT2D eigenvalue weighted by Gasteiger charge is -2.08. The van der Waals surface area contributed by atoms with Crippen LogP contribution in [0, 0.1) is 0 Å². The Bertz CT molecular complexity index is 541. The highest BCUT2D eigenvalue weighted by Gasteiger charge is 2.16. The summed E-state index contributed by atoms with van der Waals surface area (Å²) in [6.45, 7) is 2.07. The maximum Gasteiger partial charge on any atom is 0.323 e. The van der Waals surface area contributed by atoms with E-state index in [1.165, 1.54) is 18.0 Å². The van der Waals surface area contributed by atoms with Gasteiger partial charge in [0.25, 0.3) is 5.89 Å². The highest BCUT2D eigenvalue weighted by molar-refractivity contribution is 7.98. The van der Waals surface area contributed by atoms with Crippen LogP contribution in [0.25, 0.3) is 11.7 Å². The van der Waals surface area contributed by atoms with Crippen molar-refractivity contribution in [1.29, 1.82) is 0 Å². The molecular formula is C12H15N3O4S. The third kappa shape index (κ3) is 3.84. The van der Waals surface area contributed by atoms with Crippen LogP contribution in [0.4, 0.5) is 0 Å². The Morgan fingerprint density at radius 3 is 3.10 bits per heavy atom. The van der Waals surface area contributed by atoms with Crippen molar-refractivity contribution in [2.75, 3.05) is 12.4 Å². The molecule has 8 heteroatoms. The van der Waals surface area contributed by atoms with Gasteiger partial charge in [-0.1, -0.05) is 0 Å². The van der Waals surface area contributed by atoms with Gasteiger partial charge in [-0.25, -0.2) is 0 Å². The van der Waals surface area contributed by atoms with E-state index < -0.39 is 12.0 Å². The van der Waals surface area contributed by atoms with Crippen LogP contribution in [0.5, 0.6) is 0 Å². The minimum atomic E-state index is -0.646. The third-order valence-electron chi connectivity index (χ3n) is 2.31. The number of aromatic nitrogens is 2. The molecule has 0 aromatic carbocycles. The van der Waals surface area contributed by atoms with Crippen LogP contribution in [0.2, 0.25) is 0 Å². The average molecular weight is 297 g/mol. The molecule has 0 aliphatic carbocycles. The molecule has 0 bridgehead atoms. The number of carbonyl (C=O) groups excluding carboxylic acids is 1. The first-order valence-electron chi connectivity index (χ1n) is 6.07. The molecule has 2 N–H and O–H groups in total. The van der Waals surface area contributed by atoms with Gasteiger partial charge in [0.15, 0.2) is 5.76 Å². The van der Waals surface area contributed by atoms with Crippen LogP contribution < -0.4 is 5.73 Å². The first kappa shape index (κ1) is 14.6. The lowest BCUT2D eigenvalue weighted by Crippen LogP contribution is -2.34. The Balaban J connectivity index is 1.79. The molecular weight excluding hydrogens is 282 g/mol. The highest BCUT2D eigenvalue weighted by Crippen LogP contribution is 2.20. The molecule has 1 unspecified atom stereocenters. The fraction of sp³-hybridized carbons (Fsp3) is 0.417. The Morgan fingerprint density at radius 1 is 1.55 bits per heavy atom. The number of ether oxygens (including phenoxy) is 1. The average Bonchev–Trinajstić information content (AvgIpc) is 3.09. The molecule has 20 heavy (non-hydrogen) atoms. The number of rotatable bonds is 7. The van der Waals surface area contributed by atoms with Crippen LogP contribution in [-0.2, 0) is 15.3 Å². The summed E-state index contributed by atoms with van der Waals surface area (Å²) in [5.41, 5.74) is 5.67.